The van der Waals surface area contributed by atoms with Crippen molar-refractivity contribution < 1.29 is 13.2 Å². The minimum Gasteiger partial charge on any atom is -0.340 e. The molecule has 31 heavy (non-hydrogen) atoms. The van der Waals surface area contributed by atoms with Crippen LogP contribution in [0, 0.1) is 0 Å². The first-order valence-corrected chi connectivity index (χ1v) is 10.4. The van der Waals surface area contributed by atoms with Crippen LogP contribution < -0.4 is 10.6 Å². The number of hydrogen-bond donors (Lipinski definition) is 2. The Morgan fingerprint density at radius 3 is 2.35 bits per heavy atom. The van der Waals surface area contributed by atoms with Gasteiger partial charge in [0.15, 0.2) is 0 Å². The molecule has 1 heterocycles. The Morgan fingerprint density at radius 2 is 1.71 bits per heavy atom. The number of hydrogen-bond acceptors (Lipinski definition) is 4. The van der Waals surface area contributed by atoms with Crippen molar-refractivity contribution in [2.24, 2.45) is 0 Å². The summed E-state index contributed by atoms with van der Waals surface area (Å²) in [5.41, 5.74) is 2.58. The highest BCUT2D eigenvalue weighted by Gasteiger charge is 2.35. The van der Waals surface area contributed by atoms with Crippen LogP contribution in [0.15, 0.2) is 54.7 Å². The number of rotatable bonds is 8. The van der Waals surface area contributed by atoms with Crippen molar-refractivity contribution in [2.45, 2.75) is 52.1 Å². The largest absolute Gasteiger partial charge is 0.421 e. The van der Waals surface area contributed by atoms with Crippen molar-refractivity contribution >= 4 is 23.1 Å². The highest BCUT2D eigenvalue weighted by Crippen LogP contribution is 2.35. The van der Waals surface area contributed by atoms with Gasteiger partial charge in [-0.3, -0.25) is 0 Å². The topological polar surface area (TPSA) is 49.8 Å². The minimum absolute atomic E-state index is 0.0943. The third kappa shape index (κ3) is 6.20. The Labute approximate surface area is 181 Å². The summed E-state index contributed by atoms with van der Waals surface area (Å²) < 4.78 is 40.6. The summed E-state index contributed by atoms with van der Waals surface area (Å²) >= 11 is 0. The average Bonchev–Trinajstić information content (AvgIpc) is 2.73. The fourth-order valence-electron chi connectivity index (χ4n) is 3.12. The molecular formula is C24H27F3N4. The zero-order valence-corrected chi connectivity index (χ0v) is 17.9. The molecule has 0 aliphatic carbocycles. The van der Waals surface area contributed by atoms with E-state index in [0.29, 0.717) is 11.4 Å². The van der Waals surface area contributed by atoms with Gasteiger partial charge in [-0.25, -0.2) is 4.98 Å². The Bertz CT molecular complexity index is 998. The van der Waals surface area contributed by atoms with Crippen LogP contribution in [-0.2, 0) is 12.6 Å². The standard InChI is InChI=1S/C24H27F3N4/c1-4-5-7-17-10-12-19(13-11-17)30-23-28-15-21(24(25,26)27)22(31-23)29-20-9-6-8-18(14-20)16(2)3/h6,8-16H,4-5,7H2,1-3H3,(H2,28,29,30,31). The van der Waals surface area contributed by atoms with Gasteiger partial charge < -0.3 is 10.6 Å². The summed E-state index contributed by atoms with van der Waals surface area (Å²) in [6, 6.07) is 15.1. The Hall–Kier alpha value is -3.09. The summed E-state index contributed by atoms with van der Waals surface area (Å²) in [6.45, 7) is 6.20. The number of benzene rings is 2. The maximum absolute atomic E-state index is 13.5. The first-order valence-electron chi connectivity index (χ1n) is 10.4. The maximum Gasteiger partial charge on any atom is 0.421 e. The van der Waals surface area contributed by atoms with Gasteiger partial charge in [0.25, 0.3) is 0 Å². The molecule has 0 radical (unpaired) electrons. The predicted octanol–water partition coefficient (Wildman–Crippen LogP) is 7.45. The molecule has 0 spiro atoms. The molecule has 0 saturated carbocycles. The highest BCUT2D eigenvalue weighted by atomic mass is 19.4. The van der Waals surface area contributed by atoms with E-state index in [1.54, 1.807) is 6.07 Å². The number of nitrogens with one attached hydrogen (secondary N) is 2. The molecular weight excluding hydrogens is 401 g/mol. The Morgan fingerprint density at radius 1 is 0.968 bits per heavy atom. The number of unbranched alkanes of at least 4 members (excludes halogenated alkanes) is 1. The molecule has 3 aromatic rings. The van der Waals surface area contributed by atoms with Crippen molar-refractivity contribution in [3.63, 3.8) is 0 Å². The van der Waals surface area contributed by atoms with Gasteiger partial charge >= 0.3 is 6.18 Å². The second-order valence-corrected chi connectivity index (χ2v) is 7.78. The quantitative estimate of drug-likeness (QED) is 0.391. The van der Waals surface area contributed by atoms with Gasteiger partial charge in [0.05, 0.1) is 0 Å². The molecule has 1 aromatic heterocycles. The van der Waals surface area contributed by atoms with Gasteiger partial charge in [-0.2, -0.15) is 18.2 Å². The molecule has 164 valence electrons. The van der Waals surface area contributed by atoms with Crippen LogP contribution in [0.2, 0.25) is 0 Å². The van der Waals surface area contributed by atoms with E-state index in [1.807, 2.05) is 56.3 Å². The summed E-state index contributed by atoms with van der Waals surface area (Å²) in [7, 11) is 0. The van der Waals surface area contributed by atoms with E-state index in [2.05, 4.69) is 27.5 Å². The third-order valence-corrected chi connectivity index (χ3v) is 4.94. The molecule has 3 rings (SSSR count). The molecule has 0 unspecified atom stereocenters. The molecule has 2 aromatic carbocycles. The van der Waals surface area contributed by atoms with Gasteiger partial charge in [-0.15, -0.1) is 0 Å². The van der Waals surface area contributed by atoms with Crippen LogP contribution in [0.4, 0.5) is 36.3 Å². The van der Waals surface area contributed by atoms with Gasteiger partial charge in [0.2, 0.25) is 5.95 Å². The number of aryl methyl sites for hydroxylation is 1. The van der Waals surface area contributed by atoms with Crippen molar-refractivity contribution in [1.29, 1.82) is 0 Å². The van der Waals surface area contributed by atoms with Gasteiger partial charge in [-0.1, -0.05) is 51.5 Å². The molecule has 0 aliphatic rings. The molecule has 0 aliphatic heterocycles. The zero-order valence-electron chi connectivity index (χ0n) is 17.9. The van der Waals surface area contributed by atoms with Crippen LogP contribution in [-0.4, -0.2) is 9.97 Å². The SMILES string of the molecule is CCCCc1ccc(Nc2ncc(C(F)(F)F)c(Nc3cccc(C(C)C)c3)n2)cc1. The van der Waals surface area contributed by atoms with Crippen LogP contribution in [0.1, 0.15) is 56.2 Å². The van der Waals surface area contributed by atoms with E-state index in [-0.39, 0.29) is 17.7 Å². The van der Waals surface area contributed by atoms with Crippen LogP contribution in [0.5, 0.6) is 0 Å². The van der Waals surface area contributed by atoms with Crippen molar-refractivity contribution in [3.05, 3.63) is 71.4 Å². The van der Waals surface area contributed by atoms with E-state index in [1.165, 1.54) is 5.56 Å². The fourth-order valence-corrected chi connectivity index (χ4v) is 3.12. The Balaban J connectivity index is 1.86. The van der Waals surface area contributed by atoms with E-state index < -0.39 is 11.7 Å². The van der Waals surface area contributed by atoms with Crippen LogP contribution in [0.25, 0.3) is 0 Å². The molecule has 0 amide bonds. The van der Waals surface area contributed by atoms with E-state index in [9.17, 15) is 13.2 Å². The van der Waals surface area contributed by atoms with Crippen LogP contribution >= 0.6 is 0 Å². The van der Waals surface area contributed by atoms with Crippen LogP contribution in [0.3, 0.4) is 0 Å². The van der Waals surface area contributed by atoms with Crippen molar-refractivity contribution in [2.75, 3.05) is 10.6 Å². The molecule has 0 atom stereocenters. The first kappa shape index (κ1) is 22.6. The average molecular weight is 429 g/mol. The zero-order chi connectivity index (χ0) is 22.4. The minimum atomic E-state index is -4.57. The summed E-state index contributed by atoms with van der Waals surface area (Å²) in [4.78, 5) is 8.00. The lowest BCUT2D eigenvalue weighted by Gasteiger charge is -2.16. The summed E-state index contributed by atoms with van der Waals surface area (Å²) in [5.74, 6) is 0.0639. The van der Waals surface area contributed by atoms with E-state index in [4.69, 9.17) is 0 Å². The molecule has 0 saturated heterocycles. The lowest BCUT2D eigenvalue weighted by atomic mass is 10.0. The molecule has 0 bridgehead atoms. The second kappa shape index (κ2) is 9.81. The molecule has 2 N–H and O–H groups in total. The van der Waals surface area contributed by atoms with Gasteiger partial charge in [-0.05, 0) is 54.2 Å². The lowest BCUT2D eigenvalue weighted by molar-refractivity contribution is -0.137. The molecule has 0 fully saturated rings. The van der Waals surface area contributed by atoms with Crippen molar-refractivity contribution in [3.8, 4) is 0 Å². The number of nitrogens with zero attached hydrogens (tertiary/aromatic N) is 2. The number of anilines is 4. The van der Waals surface area contributed by atoms with Crippen molar-refractivity contribution in [1.82, 2.24) is 9.97 Å². The fraction of sp³-hybridized carbons (Fsp3) is 0.333. The van der Waals surface area contributed by atoms with Gasteiger partial charge in [0.1, 0.15) is 11.4 Å². The summed E-state index contributed by atoms with van der Waals surface area (Å²) in [6.07, 6.45) is -0.537. The number of halogens is 3. The predicted molar refractivity (Wildman–Crippen MR) is 119 cm³/mol. The maximum atomic E-state index is 13.5. The second-order valence-electron chi connectivity index (χ2n) is 7.78. The summed E-state index contributed by atoms with van der Waals surface area (Å²) in [5, 5.41) is 5.81. The molecule has 4 nitrogen and oxygen atoms in total. The van der Waals surface area contributed by atoms with Gasteiger partial charge in [0, 0.05) is 17.6 Å². The molecule has 7 heteroatoms. The van der Waals surface area contributed by atoms with E-state index in [0.717, 1.165) is 31.0 Å². The normalized spacial score (nSPS) is 11.6. The number of alkyl halides is 3. The Kier molecular flexibility index (Phi) is 7.15. The number of aromatic nitrogens is 2. The monoisotopic (exact) mass is 428 g/mol. The smallest absolute Gasteiger partial charge is 0.340 e. The first-order chi connectivity index (χ1) is 14.8. The lowest BCUT2D eigenvalue weighted by Crippen LogP contribution is -2.12. The highest BCUT2D eigenvalue weighted by molar-refractivity contribution is 5.63. The van der Waals surface area contributed by atoms with E-state index >= 15 is 0 Å². The third-order valence-electron chi connectivity index (χ3n) is 4.94.